The van der Waals surface area contributed by atoms with Gasteiger partial charge in [0, 0.05) is 5.54 Å². The van der Waals surface area contributed by atoms with Gasteiger partial charge in [-0.05, 0) is 39.4 Å². The zero-order chi connectivity index (χ0) is 14.0. The number of hydrogen-bond donors (Lipinski definition) is 2. The summed E-state index contributed by atoms with van der Waals surface area (Å²) in [5.41, 5.74) is -0.369. The molecule has 1 heterocycles. The summed E-state index contributed by atoms with van der Waals surface area (Å²) in [5, 5.41) is 2.48. The molecule has 0 aromatic carbocycles. The maximum Gasteiger partial charge on any atom is 0.287 e. The van der Waals surface area contributed by atoms with Crippen LogP contribution in [0.5, 0.6) is 0 Å². The second-order valence-electron chi connectivity index (χ2n) is 4.52. The predicted molar refractivity (Wildman–Crippen MR) is 66.8 cm³/mol. The first-order valence-corrected chi connectivity index (χ1v) is 7.06. The summed E-state index contributed by atoms with van der Waals surface area (Å²) in [7, 11) is -2.38. The molecule has 0 atom stereocenters. The molecule has 0 saturated heterocycles. The molecule has 1 aromatic rings. The fraction of sp³-hybridized carbons (Fsp3) is 0.545. The highest BCUT2D eigenvalue weighted by atomic mass is 32.2. The van der Waals surface area contributed by atoms with Crippen LogP contribution in [0.1, 0.15) is 37.7 Å². The summed E-state index contributed by atoms with van der Waals surface area (Å²) in [6, 6.07) is 2.59. The van der Waals surface area contributed by atoms with Gasteiger partial charge in [-0.1, -0.05) is 6.92 Å². The molecule has 0 fully saturated rings. The topological polar surface area (TPSA) is 88.4 Å². The molecule has 0 bridgehead atoms. The van der Waals surface area contributed by atoms with Crippen LogP contribution in [0.15, 0.2) is 21.6 Å². The van der Waals surface area contributed by atoms with Gasteiger partial charge in [0.25, 0.3) is 15.9 Å². The quantitative estimate of drug-likeness (QED) is 0.841. The molecule has 0 aliphatic rings. The van der Waals surface area contributed by atoms with Crippen LogP contribution in [0.2, 0.25) is 0 Å². The van der Waals surface area contributed by atoms with Crippen LogP contribution in [0.3, 0.4) is 0 Å². The molecule has 2 N–H and O–H groups in total. The second-order valence-corrected chi connectivity index (χ2v) is 6.34. The predicted octanol–water partition coefficient (Wildman–Crippen LogP) is 1.11. The van der Waals surface area contributed by atoms with Crippen LogP contribution < -0.4 is 10.0 Å². The van der Waals surface area contributed by atoms with Gasteiger partial charge in [0.05, 0.1) is 0 Å². The first-order valence-electron chi connectivity index (χ1n) is 5.58. The molecule has 0 aliphatic heterocycles. The van der Waals surface area contributed by atoms with E-state index >= 15 is 0 Å². The minimum Gasteiger partial charge on any atom is -0.438 e. The van der Waals surface area contributed by atoms with E-state index in [9.17, 15) is 13.2 Å². The van der Waals surface area contributed by atoms with E-state index < -0.39 is 15.9 Å². The van der Waals surface area contributed by atoms with Crippen LogP contribution in [0.4, 0.5) is 0 Å². The van der Waals surface area contributed by atoms with Crippen LogP contribution in [0, 0.1) is 0 Å². The van der Waals surface area contributed by atoms with E-state index in [4.69, 9.17) is 4.42 Å². The molecule has 7 heteroatoms. The largest absolute Gasteiger partial charge is 0.438 e. The molecular formula is C11H18N2O4S. The minimum atomic E-state index is -3.66. The molecular weight excluding hydrogens is 256 g/mol. The van der Waals surface area contributed by atoms with Gasteiger partial charge < -0.3 is 9.73 Å². The van der Waals surface area contributed by atoms with Crippen molar-refractivity contribution in [1.82, 2.24) is 10.0 Å². The van der Waals surface area contributed by atoms with Crippen molar-refractivity contribution in [3.63, 3.8) is 0 Å². The summed E-state index contributed by atoms with van der Waals surface area (Å²) in [4.78, 5) is 11.8. The van der Waals surface area contributed by atoms with E-state index in [0.717, 1.165) is 6.42 Å². The van der Waals surface area contributed by atoms with Crippen LogP contribution in [-0.2, 0) is 10.0 Å². The summed E-state index contributed by atoms with van der Waals surface area (Å²) in [6.45, 7) is 5.69. The molecule has 0 radical (unpaired) electrons. The van der Waals surface area contributed by atoms with Crippen molar-refractivity contribution >= 4 is 15.9 Å². The summed E-state index contributed by atoms with van der Waals surface area (Å²) >= 11 is 0. The van der Waals surface area contributed by atoms with Crippen molar-refractivity contribution in [2.45, 2.75) is 37.8 Å². The van der Waals surface area contributed by atoms with Crippen molar-refractivity contribution in [3.8, 4) is 0 Å². The molecule has 1 aromatic heterocycles. The number of amides is 1. The van der Waals surface area contributed by atoms with E-state index in [0.29, 0.717) is 0 Å². The Morgan fingerprint density at radius 2 is 2.00 bits per heavy atom. The first-order chi connectivity index (χ1) is 8.22. The molecule has 0 saturated carbocycles. The average molecular weight is 274 g/mol. The van der Waals surface area contributed by atoms with Crippen molar-refractivity contribution in [2.75, 3.05) is 7.05 Å². The van der Waals surface area contributed by atoms with Crippen LogP contribution in [-0.4, -0.2) is 26.9 Å². The minimum absolute atomic E-state index is 0.0228. The Labute approximate surface area is 107 Å². The third-order valence-corrected chi connectivity index (χ3v) is 3.96. The Bertz CT molecular complexity index is 531. The van der Waals surface area contributed by atoms with E-state index in [-0.39, 0.29) is 16.4 Å². The van der Waals surface area contributed by atoms with Crippen molar-refractivity contribution in [2.24, 2.45) is 0 Å². The van der Waals surface area contributed by atoms with Crippen molar-refractivity contribution in [1.29, 1.82) is 0 Å². The summed E-state index contributed by atoms with van der Waals surface area (Å²) in [6.07, 6.45) is 0.751. The fourth-order valence-electron chi connectivity index (χ4n) is 1.14. The monoisotopic (exact) mass is 274 g/mol. The van der Waals surface area contributed by atoms with Gasteiger partial charge in [-0.25, -0.2) is 13.1 Å². The molecule has 102 valence electrons. The van der Waals surface area contributed by atoms with Gasteiger partial charge in [-0.3, -0.25) is 4.79 Å². The number of sulfonamides is 1. The molecule has 6 nitrogen and oxygen atoms in total. The Hall–Kier alpha value is -1.34. The molecule has 18 heavy (non-hydrogen) atoms. The van der Waals surface area contributed by atoms with E-state index in [1.165, 1.54) is 19.2 Å². The number of hydrogen-bond acceptors (Lipinski definition) is 4. The van der Waals surface area contributed by atoms with Crippen molar-refractivity contribution < 1.29 is 17.6 Å². The lowest BCUT2D eigenvalue weighted by molar-refractivity contribution is 0.0877. The molecule has 0 unspecified atom stereocenters. The van der Waals surface area contributed by atoms with Gasteiger partial charge in [-0.2, -0.15) is 0 Å². The smallest absolute Gasteiger partial charge is 0.287 e. The number of furan rings is 1. The van der Waals surface area contributed by atoms with Crippen LogP contribution >= 0.6 is 0 Å². The maximum atomic E-state index is 11.8. The lowest BCUT2D eigenvalue weighted by atomic mass is 10.0. The number of carbonyl (C=O) groups excluding carboxylic acids is 1. The fourth-order valence-corrected chi connectivity index (χ4v) is 1.79. The number of nitrogens with one attached hydrogen (secondary N) is 2. The number of rotatable bonds is 5. The average Bonchev–Trinajstić information content (AvgIpc) is 2.78. The zero-order valence-corrected chi connectivity index (χ0v) is 11.7. The SMILES string of the molecule is CCC(C)(C)NC(=O)c1ccc(S(=O)(=O)NC)o1. The molecule has 0 spiro atoms. The van der Waals surface area contributed by atoms with Gasteiger partial charge in [0.15, 0.2) is 5.76 Å². The highest BCUT2D eigenvalue weighted by Crippen LogP contribution is 2.15. The highest BCUT2D eigenvalue weighted by molar-refractivity contribution is 7.89. The second kappa shape index (κ2) is 5.11. The zero-order valence-electron chi connectivity index (χ0n) is 10.9. The lowest BCUT2D eigenvalue weighted by Gasteiger charge is -2.23. The Morgan fingerprint density at radius 1 is 1.39 bits per heavy atom. The van der Waals surface area contributed by atoms with Gasteiger partial charge >= 0.3 is 0 Å². The third-order valence-electron chi connectivity index (χ3n) is 2.67. The third kappa shape index (κ3) is 3.33. The Kier molecular flexibility index (Phi) is 4.18. The summed E-state index contributed by atoms with van der Waals surface area (Å²) in [5.74, 6) is -0.454. The van der Waals surface area contributed by atoms with Gasteiger partial charge in [-0.15, -0.1) is 0 Å². The molecule has 1 amide bonds. The van der Waals surface area contributed by atoms with Gasteiger partial charge in [0.1, 0.15) is 0 Å². The van der Waals surface area contributed by atoms with E-state index in [1.807, 2.05) is 20.8 Å². The molecule has 0 aliphatic carbocycles. The van der Waals surface area contributed by atoms with E-state index in [1.54, 1.807) is 0 Å². The summed E-state index contributed by atoms with van der Waals surface area (Å²) < 4.78 is 30.0. The Morgan fingerprint density at radius 3 is 2.50 bits per heavy atom. The van der Waals surface area contributed by atoms with E-state index in [2.05, 4.69) is 10.0 Å². The number of carbonyl (C=O) groups is 1. The lowest BCUT2D eigenvalue weighted by Crippen LogP contribution is -2.42. The maximum absolute atomic E-state index is 11.8. The normalized spacial score (nSPS) is 12.4. The standard InChI is InChI=1S/C11H18N2O4S/c1-5-11(2,3)13-10(14)8-6-7-9(17-8)18(15,16)12-4/h6-7,12H,5H2,1-4H3,(H,13,14). The Balaban J connectivity index is 2.91. The van der Waals surface area contributed by atoms with Gasteiger partial charge in [0.2, 0.25) is 5.09 Å². The van der Waals surface area contributed by atoms with Crippen LogP contribution in [0.25, 0.3) is 0 Å². The molecule has 1 rings (SSSR count). The van der Waals surface area contributed by atoms with Crippen molar-refractivity contribution in [3.05, 3.63) is 17.9 Å². The first kappa shape index (κ1) is 14.7. The highest BCUT2D eigenvalue weighted by Gasteiger charge is 2.23.